The molecular formula is C11H16F2N2. The molecule has 2 nitrogen and oxygen atoms in total. The van der Waals surface area contributed by atoms with Crippen LogP contribution in [0.3, 0.4) is 0 Å². The normalized spacial score (nSPS) is 10.7. The summed E-state index contributed by atoms with van der Waals surface area (Å²) in [4.78, 5) is 0. The van der Waals surface area contributed by atoms with E-state index in [-0.39, 0.29) is 0 Å². The van der Waals surface area contributed by atoms with Crippen molar-refractivity contribution in [1.29, 1.82) is 0 Å². The topological polar surface area (TPSA) is 38.0 Å². The largest absolute Gasteiger partial charge is 0.330 e. The Balaban J connectivity index is 2.57. The van der Waals surface area contributed by atoms with Crippen LogP contribution in [0, 0.1) is 18.6 Å². The van der Waals surface area contributed by atoms with Gasteiger partial charge in [-0.15, -0.1) is 0 Å². The van der Waals surface area contributed by atoms with Crippen LogP contribution in [-0.2, 0) is 6.54 Å². The standard InChI is InChI=1S/C11H16F2N2/c1-8-5-9(7-15-4-2-3-14)11(13)6-10(8)12/h5-6,15H,2-4,7,14H2,1H3. The van der Waals surface area contributed by atoms with Crippen molar-refractivity contribution in [3.63, 3.8) is 0 Å². The summed E-state index contributed by atoms with van der Waals surface area (Å²) in [6.45, 7) is 3.38. The lowest BCUT2D eigenvalue weighted by molar-refractivity contribution is 0.554. The number of nitrogens with one attached hydrogen (secondary N) is 1. The molecule has 1 aromatic carbocycles. The summed E-state index contributed by atoms with van der Waals surface area (Å²) in [7, 11) is 0. The Morgan fingerprint density at radius 1 is 1.27 bits per heavy atom. The number of benzene rings is 1. The molecule has 0 unspecified atom stereocenters. The van der Waals surface area contributed by atoms with Crippen molar-refractivity contribution >= 4 is 0 Å². The summed E-state index contributed by atoms with van der Waals surface area (Å²) in [5, 5.41) is 3.05. The van der Waals surface area contributed by atoms with Crippen LogP contribution in [0.25, 0.3) is 0 Å². The monoisotopic (exact) mass is 214 g/mol. The molecule has 0 atom stereocenters. The lowest BCUT2D eigenvalue weighted by Crippen LogP contribution is -2.18. The van der Waals surface area contributed by atoms with Gasteiger partial charge in [0.25, 0.3) is 0 Å². The highest BCUT2D eigenvalue weighted by Gasteiger charge is 2.06. The Kier molecular flexibility index (Phi) is 4.65. The lowest BCUT2D eigenvalue weighted by atomic mass is 10.1. The van der Waals surface area contributed by atoms with Crippen LogP contribution < -0.4 is 11.1 Å². The fourth-order valence-electron chi connectivity index (χ4n) is 1.30. The molecule has 3 N–H and O–H groups in total. The molecule has 0 aliphatic heterocycles. The molecule has 0 saturated carbocycles. The smallest absolute Gasteiger partial charge is 0.130 e. The summed E-state index contributed by atoms with van der Waals surface area (Å²) >= 11 is 0. The predicted molar refractivity (Wildman–Crippen MR) is 56.5 cm³/mol. The van der Waals surface area contributed by atoms with Crippen LogP contribution >= 0.6 is 0 Å². The number of hydrogen-bond acceptors (Lipinski definition) is 2. The van der Waals surface area contributed by atoms with Gasteiger partial charge in [-0.05, 0) is 38.1 Å². The summed E-state index contributed by atoms with van der Waals surface area (Å²) in [6.07, 6.45) is 0.849. The van der Waals surface area contributed by atoms with Crippen molar-refractivity contribution in [1.82, 2.24) is 5.32 Å². The Morgan fingerprint density at radius 2 is 2.00 bits per heavy atom. The molecule has 4 heteroatoms. The molecular weight excluding hydrogens is 198 g/mol. The molecule has 0 aliphatic rings. The first-order valence-corrected chi connectivity index (χ1v) is 5.00. The predicted octanol–water partition coefficient (Wildman–Crippen LogP) is 1.71. The average molecular weight is 214 g/mol. The van der Waals surface area contributed by atoms with Crippen LogP contribution in [0.4, 0.5) is 8.78 Å². The number of rotatable bonds is 5. The van der Waals surface area contributed by atoms with Gasteiger partial charge in [0, 0.05) is 18.2 Å². The molecule has 1 rings (SSSR count). The van der Waals surface area contributed by atoms with Crippen LogP contribution in [-0.4, -0.2) is 13.1 Å². The first-order chi connectivity index (χ1) is 7.15. The van der Waals surface area contributed by atoms with Gasteiger partial charge in [-0.1, -0.05) is 0 Å². The third kappa shape index (κ3) is 3.57. The minimum atomic E-state index is -0.502. The molecule has 0 fully saturated rings. The van der Waals surface area contributed by atoms with E-state index in [2.05, 4.69) is 5.32 Å². The third-order valence-electron chi connectivity index (χ3n) is 2.20. The van der Waals surface area contributed by atoms with Crippen molar-refractivity contribution in [3.05, 3.63) is 34.9 Å². The Labute approximate surface area is 88.5 Å². The van der Waals surface area contributed by atoms with Crippen LogP contribution in [0.5, 0.6) is 0 Å². The highest BCUT2D eigenvalue weighted by atomic mass is 19.1. The highest BCUT2D eigenvalue weighted by Crippen LogP contribution is 2.13. The fraction of sp³-hybridized carbons (Fsp3) is 0.455. The zero-order valence-electron chi connectivity index (χ0n) is 8.82. The number of nitrogens with two attached hydrogens (primary N) is 1. The first-order valence-electron chi connectivity index (χ1n) is 5.00. The molecule has 1 aromatic rings. The van der Waals surface area contributed by atoms with Gasteiger partial charge < -0.3 is 11.1 Å². The second-order valence-electron chi connectivity index (χ2n) is 3.51. The van der Waals surface area contributed by atoms with Crippen molar-refractivity contribution in [2.24, 2.45) is 5.73 Å². The summed E-state index contributed by atoms with van der Waals surface area (Å²) in [6, 6.07) is 2.45. The van der Waals surface area contributed by atoms with Crippen LogP contribution in [0.15, 0.2) is 12.1 Å². The molecule has 0 aliphatic carbocycles. The molecule has 84 valence electrons. The van der Waals surface area contributed by atoms with E-state index < -0.39 is 11.6 Å². The maximum atomic E-state index is 13.2. The van der Waals surface area contributed by atoms with Crippen molar-refractivity contribution in [2.45, 2.75) is 19.9 Å². The molecule has 0 heterocycles. The molecule has 15 heavy (non-hydrogen) atoms. The van der Waals surface area contributed by atoms with E-state index >= 15 is 0 Å². The van der Waals surface area contributed by atoms with Gasteiger partial charge in [-0.2, -0.15) is 0 Å². The molecule has 0 saturated heterocycles. The van der Waals surface area contributed by atoms with E-state index in [4.69, 9.17) is 5.73 Å². The number of hydrogen-bond donors (Lipinski definition) is 2. The fourth-order valence-corrected chi connectivity index (χ4v) is 1.30. The van der Waals surface area contributed by atoms with E-state index in [0.717, 1.165) is 19.0 Å². The Bertz CT molecular complexity index is 327. The first kappa shape index (κ1) is 12.1. The quantitative estimate of drug-likeness (QED) is 0.732. The van der Waals surface area contributed by atoms with Crippen LogP contribution in [0.1, 0.15) is 17.5 Å². The maximum Gasteiger partial charge on any atom is 0.130 e. The van der Waals surface area contributed by atoms with E-state index in [1.54, 1.807) is 6.92 Å². The van der Waals surface area contributed by atoms with Gasteiger partial charge in [-0.25, -0.2) is 8.78 Å². The number of halogens is 2. The Morgan fingerprint density at radius 3 is 2.67 bits per heavy atom. The summed E-state index contributed by atoms with van der Waals surface area (Å²) < 4.78 is 26.2. The zero-order valence-corrected chi connectivity index (χ0v) is 8.82. The average Bonchev–Trinajstić information content (AvgIpc) is 2.20. The minimum absolute atomic E-state index is 0.410. The second-order valence-corrected chi connectivity index (χ2v) is 3.51. The SMILES string of the molecule is Cc1cc(CNCCCN)c(F)cc1F. The zero-order chi connectivity index (χ0) is 11.3. The van der Waals surface area contributed by atoms with Crippen molar-refractivity contribution < 1.29 is 8.78 Å². The van der Waals surface area contributed by atoms with Crippen molar-refractivity contribution in [3.8, 4) is 0 Å². The summed E-state index contributed by atoms with van der Waals surface area (Å²) in [5.41, 5.74) is 6.27. The molecule has 0 amide bonds. The molecule has 0 bridgehead atoms. The minimum Gasteiger partial charge on any atom is -0.330 e. The van der Waals surface area contributed by atoms with Gasteiger partial charge in [0.15, 0.2) is 0 Å². The van der Waals surface area contributed by atoms with Gasteiger partial charge in [0.2, 0.25) is 0 Å². The molecule has 0 radical (unpaired) electrons. The van der Waals surface area contributed by atoms with Gasteiger partial charge in [-0.3, -0.25) is 0 Å². The Hall–Kier alpha value is -1.00. The lowest BCUT2D eigenvalue weighted by Gasteiger charge is -2.07. The second kappa shape index (κ2) is 5.78. The number of aryl methyl sites for hydroxylation is 1. The summed E-state index contributed by atoms with van der Waals surface area (Å²) in [5.74, 6) is -1.00. The van der Waals surface area contributed by atoms with Crippen molar-refractivity contribution in [2.75, 3.05) is 13.1 Å². The van der Waals surface area contributed by atoms with Gasteiger partial charge in [0.1, 0.15) is 11.6 Å². The van der Waals surface area contributed by atoms with E-state index in [1.807, 2.05) is 0 Å². The third-order valence-corrected chi connectivity index (χ3v) is 2.20. The molecule has 0 aromatic heterocycles. The van der Waals surface area contributed by atoms with Gasteiger partial charge in [0.05, 0.1) is 0 Å². The van der Waals surface area contributed by atoms with Crippen LogP contribution in [0.2, 0.25) is 0 Å². The van der Waals surface area contributed by atoms with E-state index in [9.17, 15) is 8.78 Å². The highest BCUT2D eigenvalue weighted by molar-refractivity contribution is 5.25. The van der Waals surface area contributed by atoms with E-state index in [1.165, 1.54) is 6.07 Å². The maximum absolute atomic E-state index is 13.2. The molecule has 0 spiro atoms. The van der Waals surface area contributed by atoms with Gasteiger partial charge >= 0.3 is 0 Å². The van der Waals surface area contributed by atoms with E-state index in [0.29, 0.717) is 24.2 Å².